The van der Waals surface area contributed by atoms with Crippen LogP contribution in [-0.2, 0) is 14.8 Å². The average Bonchev–Trinajstić information content (AvgIpc) is 3.22. The summed E-state index contributed by atoms with van der Waals surface area (Å²) in [5.41, 5.74) is 5.05. The molecule has 0 saturated carbocycles. The molecule has 27 heavy (non-hydrogen) atoms. The van der Waals surface area contributed by atoms with Gasteiger partial charge in [0.15, 0.2) is 0 Å². The fourth-order valence-corrected chi connectivity index (χ4v) is 4.52. The van der Waals surface area contributed by atoms with Crippen LogP contribution in [0.2, 0.25) is 0 Å². The molecule has 0 aromatic heterocycles. The number of hydrazine groups is 1. The molecule has 2 rings (SSSR count). The first-order chi connectivity index (χ1) is 12.9. The van der Waals surface area contributed by atoms with Gasteiger partial charge in [0.2, 0.25) is 15.9 Å². The van der Waals surface area contributed by atoms with Crippen molar-refractivity contribution in [2.24, 2.45) is 0 Å². The second-order valence-corrected chi connectivity index (χ2v) is 8.74. The number of carbonyl (C=O) groups excluding carboxylic acids is 2. The van der Waals surface area contributed by atoms with Gasteiger partial charge in [-0.15, -0.1) is 0 Å². The minimum Gasteiger partial charge on any atom is -0.273 e. The molecule has 0 spiro atoms. The van der Waals surface area contributed by atoms with Crippen LogP contribution in [-0.4, -0.2) is 37.6 Å². The van der Waals surface area contributed by atoms with Gasteiger partial charge in [-0.2, -0.15) is 4.31 Å². The van der Waals surface area contributed by atoms with Crippen LogP contribution in [0.5, 0.6) is 0 Å². The smallest absolute Gasteiger partial charge is 0.269 e. The molecule has 7 nitrogen and oxygen atoms in total. The van der Waals surface area contributed by atoms with E-state index in [4.69, 9.17) is 0 Å². The van der Waals surface area contributed by atoms with Gasteiger partial charge < -0.3 is 0 Å². The zero-order valence-corrected chi connectivity index (χ0v) is 16.7. The highest BCUT2D eigenvalue weighted by molar-refractivity contribution is 7.89. The van der Waals surface area contributed by atoms with Crippen molar-refractivity contribution in [1.82, 2.24) is 15.2 Å². The zero-order valence-electron chi connectivity index (χ0n) is 15.9. The van der Waals surface area contributed by atoms with Crippen LogP contribution in [0.4, 0.5) is 0 Å². The van der Waals surface area contributed by atoms with Crippen molar-refractivity contribution in [2.75, 3.05) is 13.1 Å². The number of rotatable bonds is 9. The van der Waals surface area contributed by atoms with Gasteiger partial charge in [0.05, 0.1) is 4.90 Å². The summed E-state index contributed by atoms with van der Waals surface area (Å²) >= 11 is 0. The molecule has 1 aromatic rings. The highest BCUT2D eigenvalue weighted by atomic mass is 32.2. The molecule has 8 heteroatoms. The molecule has 2 amide bonds. The molecule has 1 fully saturated rings. The van der Waals surface area contributed by atoms with Crippen LogP contribution in [0, 0.1) is 0 Å². The van der Waals surface area contributed by atoms with E-state index in [9.17, 15) is 18.0 Å². The van der Waals surface area contributed by atoms with Gasteiger partial charge in [-0.1, -0.05) is 32.6 Å². The van der Waals surface area contributed by atoms with E-state index in [1.807, 2.05) is 0 Å². The second kappa shape index (κ2) is 10.4. The molecule has 0 bridgehead atoms. The Morgan fingerprint density at radius 3 is 2.22 bits per heavy atom. The number of unbranched alkanes of at least 4 members (excludes halogenated alkanes) is 4. The molecule has 150 valence electrons. The molecular formula is C19H29N3O4S. The fourth-order valence-electron chi connectivity index (χ4n) is 3.01. The van der Waals surface area contributed by atoms with Crippen molar-refractivity contribution < 1.29 is 18.0 Å². The Labute approximate surface area is 161 Å². The third kappa shape index (κ3) is 6.32. The summed E-state index contributed by atoms with van der Waals surface area (Å²) in [6, 6.07) is 5.76. The van der Waals surface area contributed by atoms with Crippen LogP contribution < -0.4 is 10.9 Å². The van der Waals surface area contributed by atoms with Crippen molar-refractivity contribution in [3.05, 3.63) is 29.8 Å². The minimum atomic E-state index is -3.49. The third-order valence-corrected chi connectivity index (χ3v) is 6.56. The van der Waals surface area contributed by atoms with Crippen molar-refractivity contribution >= 4 is 21.8 Å². The summed E-state index contributed by atoms with van der Waals surface area (Å²) in [4.78, 5) is 24.0. The fraction of sp³-hybridized carbons (Fsp3) is 0.579. The number of sulfonamides is 1. The first-order valence-corrected chi connectivity index (χ1v) is 11.1. The molecular weight excluding hydrogens is 366 g/mol. The summed E-state index contributed by atoms with van der Waals surface area (Å²) in [5.74, 6) is -0.701. The van der Waals surface area contributed by atoms with Gasteiger partial charge in [0.1, 0.15) is 0 Å². The standard InChI is InChI=1S/C19H29N3O4S/c1-2-3-4-5-6-9-18(23)20-21-19(24)16-10-12-17(13-11-16)27(25,26)22-14-7-8-15-22/h10-13H,2-9,14-15H2,1H3,(H,20,23)(H,21,24). The summed E-state index contributed by atoms with van der Waals surface area (Å²) in [5, 5.41) is 0. The Kier molecular flexibility index (Phi) is 8.24. The van der Waals surface area contributed by atoms with Crippen molar-refractivity contribution in [1.29, 1.82) is 0 Å². The average molecular weight is 396 g/mol. The number of hydrogen-bond donors (Lipinski definition) is 2. The topological polar surface area (TPSA) is 95.6 Å². The molecule has 1 heterocycles. The Morgan fingerprint density at radius 1 is 0.963 bits per heavy atom. The monoisotopic (exact) mass is 395 g/mol. The maximum atomic E-state index is 12.5. The number of amides is 2. The molecule has 0 atom stereocenters. The SMILES string of the molecule is CCCCCCCC(=O)NNC(=O)c1ccc(S(=O)(=O)N2CCCC2)cc1. The lowest BCUT2D eigenvalue weighted by Crippen LogP contribution is -2.41. The first kappa shape index (κ1) is 21.4. The zero-order chi connectivity index (χ0) is 19.7. The minimum absolute atomic E-state index is 0.178. The molecule has 0 unspecified atom stereocenters. The number of nitrogens with one attached hydrogen (secondary N) is 2. The van der Waals surface area contributed by atoms with Crippen molar-refractivity contribution in [3.8, 4) is 0 Å². The van der Waals surface area contributed by atoms with Gasteiger partial charge in [-0.25, -0.2) is 8.42 Å². The predicted molar refractivity (Wildman–Crippen MR) is 103 cm³/mol. The third-order valence-electron chi connectivity index (χ3n) is 4.64. The van der Waals surface area contributed by atoms with Gasteiger partial charge in [0.25, 0.3) is 5.91 Å². The second-order valence-electron chi connectivity index (χ2n) is 6.80. The van der Waals surface area contributed by atoms with Crippen molar-refractivity contribution in [2.45, 2.75) is 63.2 Å². The number of hydrogen-bond acceptors (Lipinski definition) is 4. The summed E-state index contributed by atoms with van der Waals surface area (Å²) in [6.45, 7) is 3.21. The summed E-state index contributed by atoms with van der Waals surface area (Å²) in [7, 11) is -3.49. The van der Waals surface area contributed by atoms with Crippen LogP contribution in [0.15, 0.2) is 29.2 Å². The summed E-state index contributed by atoms with van der Waals surface area (Å²) < 4.78 is 26.4. The lowest BCUT2D eigenvalue weighted by atomic mass is 10.1. The molecule has 2 N–H and O–H groups in total. The largest absolute Gasteiger partial charge is 0.273 e. The van der Waals surface area contributed by atoms with E-state index in [0.717, 1.165) is 38.5 Å². The van der Waals surface area contributed by atoms with Gasteiger partial charge >= 0.3 is 0 Å². The van der Waals surface area contributed by atoms with E-state index in [1.165, 1.54) is 35.0 Å². The molecule has 0 aliphatic carbocycles. The Morgan fingerprint density at radius 2 is 1.59 bits per heavy atom. The maximum absolute atomic E-state index is 12.5. The lowest BCUT2D eigenvalue weighted by molar-refractivity contribution is -0.122. The van der Waals surface area contributed by atoms with Gasteiger partial charge in [-0.3, -0.25) is 20.4 Å². The number of benzene rings is 1. The maximum Gasteiger partial charge on any atom is 0.269 e. The number of carbonyl (C=O) groups is 2. The Balaban J connectivity index is 1.80. The first-order valence-electron chi connectivity index (χ1n) is 9.64. The van der Waals surface area contributed by atoms with Crippen LogP contribution in [0.1, 0.15) is 68.6 Å². The van der Waals surface area contributed by atoms with Crippen LogP contribution in [0.3, 0.4) is 0 Å². The molecule has 1 aliphatic rings. The predicted octanol–water partition coefficient (Wildman–Crippen LogP) is 2.59. The quantitative estimate of drug-likeness (QED) is 0.496. The van der Waals surface area contributed by atoms with Crippen LogP contribution in [0.25, 0.3) is 0 Å². The highest BCUT2D eigenvalue weighted by Crippen LogP contribution is 2.21. The van der Waals surface area contributed by atoms with Gasteiger partial charge in [-0.05, 0) is 43.5 Å². The van der Waals surface area contributed by atoms with E-state index < -0.39 is 15.9 Å². The molecule has 1 aromatic carbocycles. The van der Waals surface area contributed by atoms with E-state index >= 15 is 0 Å². The Bertz CT molecular complexity index is 726. The van der Waals surface area contributed by atoms with Crippen LogP contribution >= 0.6 is 0 Å². The highest BCUT2D eigenvalue weighted by Gasteiger charge is 2.27. The van der Waals surface area contributed by atoms with Gasteiger partial charge in [0, 0.05) is 25.1 Å². The lowest BCUT2D eigenvalue weighted by Gasteiger charge is -2.15. The van der Waals surface area contributed by atoms with E-state index in [2.05, 4.69) is 17.8 Å². The van der Waals surface area contributed by atoms with E-state index in [1.54, 1.807) is 0 Å². The molecule has 1 saturated heterocycles. The molecule has 1 aliphatic heterocycles. The van der Waals surface area contributed by atoms with Crippen molar-refractivity contribution in [3.63, 3.8) is 0 Å². The summed E-state index contributed by atoms with van der Waals surface area (Å²) in [6.07, 6.45) is 7.35. The Hall–Kier alpha value is -1.93. The molecule has 0 radical (unpaired) electrons. The normalized spacial score (nSPS) is 14.9. The number of nitrogens with zero attached hydrogens (tertiary/aromatic N) is 1. The van der Waals surface area contributed by atoms with E-state index in [0.29, 0.717) is 25.1 Å². The van der Waals surface area contributed by atoms with E-state index in [-0.39, 0.29) is 10.8 Å².